The third-order valence-corrected chi connectivity index (χ3v) is 7.04. The van der Waals surface area contributed by atoms with Gasteiger partial charge >= 0.3 is 0 Å². The van der Waals surface area contributed by atoms with Gasteiger partial charge < -0.3 is 15.3 Å². The SMILES string of the molecule is Cc1cc(-c2cc(O)c3nc(C4CCNCC4)sc3c2)cc2c1=CCN(C)C=2. The van der Waals surface area contributed by atoms with Crippen LogP contribution in [0.25, 0.3) is 33.6 Å². The maximum Gasteiger partial charge on any atom is 0.143 e. The van der Waals surface area contributed by atoms with E-state index in [4.69, 9.17) is 4.98 Å². The van der Waals surface area contributed by atoms with Crippen molar-refractivity contribution in [3.63, 3.8) is 0 Å². The Morgan fingerprint density at radius 2 is 1.93 bits per heavy atom. The van der Waals surface area contributed by atoms with Crippen molar-refractivity contribution in [2.75, 3.05) is 26.7 Å². The molecule has 3 heterocycles. The Balaban J connectivity index is 1.61. The molecule has 5 rings (SSSR count). The number of thiazole rings is 1. The molecule has 0 aliphatic carbocycles. The first-order valence-corrected chi connectivity index (χ1v) is 10.8. The number of hydrogen-bond donors (Lipinski definition) is 2. The van der Waals surface area contributed by atoms with Gasteiger partial charge in [-0.25, -0.2) is 4.98 Å². The molecule has 1 fully saturated rings. The molecule has 0 saturated carbocycles. The molecule has 0 unspecified atom stereocenters. The summed E-state index contributed by atoms with van der Waals surface area (Å²) in [6, 6.07) is 8.51. The highest BCUT2D eigenvalue weighted by Crippen LogP contribution is 2.38. The Hall–Kier alpha value is -2.37. The van der Waals surface area contributed by atoms with Gasteiger partial charge in [0.25, 0.3) is 0 Å². The van der Waals surface area contributed by atoms with Gasteiger partial charge in [-0.3, -0.25) is 0 Å². The third-order valence-electron chi connectivity index (χ3n) is 5.87. The van der Waals surface area contributed by atoms with Gasteiger partial charge in [0.05, 0.1) is 9.71 Å². The van der Waals surface area contributed by atoms with Crippen molar-refractivity contribution in [1.82, 2.24) is 15.2 Å². The van der Waals surface area contributed by atoms with Gasteiger partial charge in [-0.1, -0.05) is 12.1 Å². The lowest BCUT2D eigenvalue weighted by Gasteiger charge is -2.20. The molecule has 2 aromatic carbocycles. The number of aryl methyl sites for hydroxylation is 1. The molecule has 0 atom stereocenters. The van der Waals surface area contributed by atoms with Crippen molar-refractivity contribution < 1.29 is 5.11 Å². The van der Waals surface area contributed by atoms with E-state index in [0.717, 1.165) is 58.8 Å². The van der Waals surface area contributed by atoms with Crippen LogP contribution in [-0.2, 0) is 0 Å². The van der Waals surface area contributed by atoms with Crippen LogP contribution in [0.5, 0.6) is 5.75 Å². The molecule has 1 saturated heterocycles. The number of aromatic hydroxyl groups is 1. The van der Waals surface area contributed by atoms with Crippen molar-refractivity contribution in [3.8, 4) is 16.9 Å². The summed E-state index contributed by atoms with van der Waals surface area (Å²) in [6.45, 7) is 5.21. The third kappa shape index (κ3) is 3.09. The Bertz CT molecular complexity index is 1170. The fourth-order valence-corrected chi connectivity index (χ4v) is 5.54. The topological polar surface area (TPSA) is 48.4 Å². The van der Waals surface area contributed by atoms with Crippen LogP contribution < -0.4 is 15.8 Å². The summed E-state index contributed by atoms with van der Waals surface area (Å²) >= 11 is 1.74. The normalized spacial score (nSPS) is 17.3. The van der Waals surface area contributed by atoms with Gasteiger partial charge in [0.2, 0.25) is 0 Å². The first-order valence-electron chi connectivity index (χ1n) is 9.96. The van der Waals surface area contributed by atoms with Gasteiger partial charge in [0.15, 0.2) is 0 Å². The van der Waals surface area contributed by atoms with E-state index in [-0.39, 0.29) is 5.75 Å². The van der Waals surface area contributed by atoms with Crippen LogP contribution in [0.3, 0.4) is 0 Å². The van der Waals surface area contributed by atoms with Gasteiger partial charge in [0, 0.05) is 25.7 Å². The summed E-state index contributed by atoms with van der Waals surface area (Å²) in [4.78, 5) is 6.99. The minimum Gasteiger partial charge on any atom is -0.506 e. The smallest absolute Gasteiger partial charge is 0.143 e. The summed E-state index contributed by atoms with van der Waals surface area (Å²) in [6.07, 6.45) is 6.73. The lowest BCUT2D eigenvalue weighted by Crippen LogP contribution is -2.35. The summed E-state index contributed by atoms with van der Waals surface area (Å²) in [5.41, 5.74) is 4.22. The van der Waals surface area contributed by atoms with Crippen molar-refractivity contribution in [2.24, 2.45) is 0 Å². The van der Waals surface area contributed by atoms with Gasteiger partial charge in [-0.15, -0.1) is 11.3 Å². The molecule has 5 heteroatoms. The summed E-state index contributed by atoms with van der Waals surface area (Å²) in [7, 11) is 2.10. The maximum atomic E-state index is 10.7. The average Bonchev–Trinajstić information content (AvgIpc) is 3.13. The zero-order valence-corrected chi connectivity index (χ0v) is 17.1. The molecule has 0 spiro atoms. The quantitative estimate of drug-likeness (QED) is 0.705. The lowest BCUT2D eigenvalue weighted by atomic mass is 9.98. The zero-order chi connectivity index (χ0) is 19.3. The second kappa shape index (κ2) is 6.90. The molecule has 0 radical (unpaired) electrons. The highest BCUT2D eigenvalue weighted by atomic mass is 32.1. The molecule has 1 aromatic heterocycles. The molecular formula is C23H25N3OS. The van der Waals surface area contributed by atoms with Crippen molar-refractivity contribution in [1.29, 1.82) is 0 Å². The molecule has 0 amide bonds. The number of aromatic nitrogens is 1. The van der Waals surface area contributed by atoms with E-state index in [9.17, 15) is 5.11 Å². The van der Waals surface area contributed by atoms with E-state index in [1.807, 2.05) is 6.07 Å². The number of nitrogens with one attached hydrogen (secondary N) is 1. The lowest BCUT2D eigenvalue weighted by molar-refractivity contribution is 0.458. The number of nitrogens with zero attached hydrogens (tertiary/aromatic N) is 2. The number of benzene rings is 2. The first kappa shape index (κ1) is 17.7. The Morgan fingerprint density at radius 1 is 1.14 bits per heavy atom. The van der Waals surface area contributed by atoms with Crippen LogP contribution in [0, 0.1) is 6.92 Å². The molecule has 2 aliphatic rings. The van der Waals surface area contributed by atoms with Crippen molar-refractivity contribution >= 4 is 33.8 Å². The van der Waals surface area contributed by atoms with Crippen LogP contribution in [-0.4, -0.2) is 41.7 Å². The summed E-state index contributed by atoms with van der Waals surface area (Å²) in [5.74, 6) is 0.792. The molecule has 0 bridgehead atoms. The molecule has 28 heavy (non-hydrogen) atoms. The molecular weight excluding hydrogens is 366 g/mol. The van der Waals surface area contributed by atoms with Crippen LogP contribution in [0.4, 0.5) is 0 Å². The van der Waals surface area contributed by atoms with E-state index in [0.29, 0.717) is 5.92 Å². The van der Waals surface area contributed by atoms with Crippen molar-refractivity contribution in [3.05, 3.63) is 45.3 Å². The van der Waals surface area contributed by atoms with E-state index >= 15 is 0 Å². The van der Waals surface area contributed by atoms with E-state index in [1.165, 1.54) is 16.0 Å². The van der Waals surface area contributed by atoms with Crippen LogP contribution in [0.2, 0.25) is 0 Å². The zero-order valence-electron chi connectivity index (χ0n) is 16.3. The van der Waals surface area contributed by atoms with Crippen LogP contribution >= 0.6 is 11.3 Å². The Labute approximate surface area is 168 Å². The molecule has 2 N–H and O–H groups in total. The predicted octanol–water partition coefficient (Wildman–Crippen LogP) is 2.91. The van der Waals surface area contributed by atoms with Crippen LogP contribution in [0.1, 0.15) is 29.3 Å². The fourth-order valence-electron chi connectivity index (χ4n) is 4.34. The second-order valence-corrected chi connectivity index (χ2v) is 9.05. The largest absolute Gasteiger partial charge is 0.506 e. The van der Waals surface area contributed by atoms with Gasteiger partial charge in [-0.05, 0) is 78.2 Å². The number of hydrogen-bond acceptors (Lipinski definition) is 5. The molecule has 144 valence electrons. The summed E-state index contributed by atoms with van der Waals surface area (Å²) in [5, 5.41) is 17.8. The van der Waals surface area contributed by atoms with Gasteiger partial charge in [-0.2, -0.15) is 0 Å². The monoisotopic (exact) mass is 391 g/mol. The number of piperidine rings is 1. The number of rotatable bonds is 2. The Morgan fingerprint density at radius 3 is 2.75 bits per heavy atom. The maximum absolute atomic E-state index is 10.7. The van der Waals surface area contributed by atoms with E-state index in [1.54, 1.807) is 11.3 Å². The first-order chi connectivity index (χ1) is 13.6. The second-order valence-electron chi connectivity index (χ2n) is 7.99. The van der Waals surface area contributed by atoms with E-state index < -0.39 is 0 Å². The highest BCUT2D eigenvalue weighted by Gasteiger charge is 2.20. The highest BCUT2D eigenvalue weighted by molar-refractivity contribution is 7.18. The fraction of sp³-hybridized carbons (Fsp3) is 0.348. The van der Waals surface area contributed by atoms with Crippen molar-refractivity contribution in [2.45, 2.75) is 25.7 Å². The minimum atomic E-state index is 0.284. The number of phenolic OH excluding ortho intramolecular Hbond substituents is 1. The predicted molar refractivity (Wildman–Crippen MR) is 117 cm³/mol. The number of phenols is 1. The molecule has 3 aromatic rings. The molecule has 2 aliphatic heterocycles. The number of fused-ring (bicyclic) bond motifs is 2. The van der Waals surface area contributed by atoms with Gasteiger partial charge in [0.1, 0.15) is 11.3 Å². The average molecular weight is 392 g/mol. The van der Waals surface area contributed by atoms with Crippen LogP contribution in [0.15, 0.2) is 24.3 Å². The minimum absolute atomic E-state index is 0.284. The standard InChI is InChI=1S/C23H25N3OS/c1-14-9-16(10-18-13-26(2)8-5-19(14)18)17-11-20(27)22-21(12-17)28-23(25-22)15-3-6-24-7-4-15/h5,9-13,15,24,27H,3-4,6-8H2,1-2H3. The molecule has 4 nitrogen and oxygen atoms in total. The Kier molecular flexibility index (Phi) is 4.37. The van der Waals surface area contributed by atoms with E-state index in [2.05, 4.69) is 54.7 Å². The summed E-state index contributed by atoms with van der Waals surface area (Å²) < 4.78 is 1.08.